The topological polar surface area (TPSA) is 80.4 Å². The van der Waals surface area contributed by atoms with Crippen LogP contribution in [0.4, 0.5) is 14.5 Å². The zero-order valence-corrected chi connectivity index (χ0v) is 13.4. The summed E-state index contributed by atoms with van der Waals surface area (Å²) in [6, 6.07) is 12.6. The number of hydrogen-bond donors (Lipinski definition) is 2. The molecule has 1 heterocycles. The Kier molecular flexibility index (Phi) is 5.12. The standard InChI is InChI=1S/C18H14F2N2O4/c19-18(20)26-12-7-5-11(6-8-12)22-16(23)10-25-17(24)14-9-21-15-4-2-1-3-13(14)15/h1-9,18,21H,10H2,(H,22,23). The summed E-state index contributed by atoms with van der Waals surface area (Å²) in [5.74, 6) is -1.21. The summed E-state index contributed by atoms with van der Waals surface area (Å²) in [5, 5.41) is 3.19. The van der Waals surface area contributed by atoms with Crippen LogP contribution in [-0.4, -0.2) is 30.1 Å². The molecule has 0 aliphatic carbocycles. The van der Waals surface area contributed by atoms with Crippen LogP contribution in [-0.2, 0) is 9.53 Å². The average Bonchev–Trinajstić information content (AvgIpc) is 3.05. The van der Waals surface area contributed by atoms with E-state index in [1.165, 1.54) is 30.5 Å². The van der Waals surface area contributed by atoms with Gasteiger partial charge in [-0.2, -0.15) is 8.78 Å². The number of carbonyl (C=O) groups is 2. The van der Waals surface area contributed by atoms with Gasteiger partial charge in [0, 0.05) is 22.8 Å². The van der Waals surface area contributed by atoms with Gasteiger partial charge in [0.05, 0.1) is 5.56 Å². The Morgan fingerprint density at radius 3 is 2.54 bits per heavy atom. The molecule has 1 aromatic heterocycles. The number of H-pyrrole nitrogens is 1. The van der Waals surface area contributed by atoms with Crippen LogP contribution < -0.4 is 10.1 Å². The number of para-hydroxylation sites is 1. The third-order valence-electron chi connectivity index (χ3n) is 3.51. The lowest BCUT2D eigenvalue weighted by molar-refractivity contribution is -0.119. The minimum absolute atomic E-state index is 0.0243. The number of alkyl halides is 2. The van der Waals surface area contributed by atoms with Crippen LogP contribution >= 0.6 is 0 Å². The number of nitrogens with one attached hydrogen (secondary N) is 2. The van der Waals surface area contributed by atoms with Crippen molar-refractivity contribution in [2.45, 2.75) is 6.61 Å². The zero-order valence-electron chi connectivity index (χ0n) is 13.4. The molecule has 0 saturated carbocycles. The summed E-state index contributed by atoms with van der Waals surface area (Å²) in [6.45, 7) is -3.40. The predicted molar refractivity (Wildman–Crippen MR) is 90.3 cm³/mol. The van der Waals surface area contributed by atoms with Crippen LogP contribution in [0.5, 0.6) is 5.75 Å². The number of esters is 1. The first-order valence-corrected chi connectivity index (χ1v) is 7.61. The number of hydrogen-bond acceptors (Lipinski definition) is 4. The van der Waals surface area contributed by atoms with Crippen molar-refractivity contribution in [1.29, 1.82) is 0 Å². The van der Waals surface area contributed by atoms with Gasteiger partial charge in [0.2, 0.25) is 0 Å². The van der Waals surface area contributed by atoms with E-state index in [1.54, 1.807) is 12.1 Å². The monoisotopic (exact) mass is 360 g/mol. The fourth-order valence-corrected chi connectivity index (χ4v) is 2.37. The predicted octanol–water partition coefficient (Wildman–Crippen LogP) is 3.56. The smallest absolute Gasteiger partial charge is 0.387 e. The van der Waals surface area contributed by atoms with Gasteiger partial charge < -0.3 is 19.8 Å². The molecule has 3 aromatic rings. The van der Waals surface area contributed by atoms with Gasteiger partial charge in [0.25, 0.3) is 5.91 Å². The van der Waals surface area contributed by atoms with Crippen molar-refractivity contribution in [2.24, 2.45) is 0 Å². The molecule has 0 radical (unpaired) electrons. The maximum atomic E-state index is 12.1. The Morgan fingerprint density at radius 1 is 1.08 bits per heavy atom. The largest absolute Gasteiger partial charge is 0.452 e. The van der Waals surface area contributed by atoms with Crippen molar-refractivity contribution in [3.8, 4) is 5.75 Å². The van der Waals surface area contributed by atoms with Crippen LogP contribution in [0, 0.1) is 0 Å². The molecule has 134 valence electrons. The lowest BCUT2D eigenvalue weighted by Gasteiger charge is -2.08. The van der Waals surface area contributed by atoms with Crippen LogP contribution in [0.1, 0.15) is 10.4 Å². The molecule has 0 spiro atoms. The zero-order chi connectivity index (χ0) is 18.5. The number of halogens is 2. The van der Waals surface area contributed by atoms with E-state index in [-0.39, 0.29) is 5.75 Å². The fraction of sp³-hybridized carbons (Fsp3) is 0.111. The Hall–Kier alpha value is -3.42. The van der Waals surface area contributed by atoms with E-state index in [1.807, 2.05) is 12.1 Å². The second-order valence-corrected chi connectivity index (χ2v) is 5.28. The number of carbonyl (C=O) groups excluding carboxylic acids is 2. The molecule has 8 heteroatoms. The molecule has 1 amide bonds. The van der Waals surface area contributed by atoms with Gasteiger partial charge in [-0.25, -0.2) is 4.79 Å². The van der Waals surface area contributed by atoms with E-state index < -0.39 is 25.1 Å². The molecule has 2 aromatic carbocycles. The molecule has 0 unspecified atom stereocenters. The number of amides is 1. The summed E-state index contributed by atoms with van der Waals surface area (Å²) in [4.78, 5) is 26.9. The van der Waals surface area contributed by atoms with Crippen LogP contribution in [0.2, 0.25) is 0 Å². The molecule has 0 bridgehead atoms. The Labute approximate surface area is 146 Å². The van der Waals surface area contributed by atoms with E-state index >= 15 is 0 Å². The lowest BCUT2D eigenvalue weighted by atomic mass is 10.2. The molecule has 6 nitrogen and oxygen atoms in total. The second-order valence-electron chi connectivity index (χ2n) is 5.28. The maximum Gasteiger partial charge on any atom is 0.387 e. The van der Waals surface area contributed by atoms with Crippen molar-refractivity contribution in [2.75, 3.05) is 11.9 Å². The van der Waals surface area contributed by atoms with E-state index in [0.29, 0.717) is 16.6 Å². The van der Waals surface area contributed by atoms with Gasteiger partial charge in [-0.15, -0.1) is 0 Å². The second kappa shape index (κ2) is 7.64. The number of anilines is 1. The SMILES string of the molecule is O=C(COC(=O)c1c[nH]c2ccccc12)Nc1ccc(OC(F)F)cc1. The highest BCUT2D eigenvalue weighted by Gasteiger charge is 2.15. The maximum absolute atomic E-state index is 12.1. The van der Waals surface area contributed by atoms with Gasteiger partial charge in [-0.05, 0) is 30.3 Å². The third-order valence-corrected chi connectivity index (χ3v) is 3.51. The van der Waals surface area contributed by atoms with Crippen LogP contribution in [0.15, 0.2) is 54.7 Å². The first-order chi connectivity index (χ1) is 12.5. The number of benzene rings is 2. The Balaban J connectivity index is 1.54. The Bertz CT molecular complexity index is 922. The number of rotatable bonds is 6. The van der Waals surface area contributed by atoms with Crippen LogP contribution in [0.25, 0.3) is 10.9 Å². The molecule has 0 aliphatic heterocycles. The van der Waals surface area contributed by atoms with E-state index in [4.69, 9.17) is 4.74 Å². The average molecular weight is 360 g/mol. The van der Waals surface area contributed by atoms with Crippen molar-refractivity contribution >= 4 is 28.5 Å². The summed E-state index contributed by atoms with van der Waals surface area (Å²) < 4.78 is 33.4. The van der Waals surface area contributed by atoms with Crippen molar-refractivity contribution in [3.63, 3.8) is 0 Å². The first kappa shape index (κ1) is 17.4. The van der Waals surface area contributed by atoms with E-state index in [2.05, 4.69) is 15.0 Å². The van der Waals surface area contributed by atoms with Gasteiger partial charge in [0.1, 0.15) is 5.75 Å². The van der Waals surface area contributed by atoms with Gasteiger partial charge in [0.15, 0.2) is 6.61 Å². The number of aromatic nitrogens is 1. The molecule has 3 rings (SSSR count). The van der Waals surface area contributed by atoms with Crippen molar-refractivity contribution < 1.29 is 27.8 Å². The van der Waals surface area contributed by atoms with E-state index in [0.717, 1.165) is 5.52 Å². The number of fused-ring (bicyclic) bond motifs is 1. The summed E-state index contributed by atoms with van der Waals surface area (Å²) in [7, 11) is 0. The molecular formula is C18H14F2N2O4. The lowest BCUT2D eigenvalue weighted by Crippen LogP contribution is -2.20. The molecule has 0 saturated heterocycles. The molecule has 0 atom stereocenters. The van der Waals surface area contributed by atoms with Crippen LogP contribution in [0.3, 0.4) is 0 Å². The molecular weight excluding hydrogens is 346 g/mol. The van der Waals surface area contributed by atoms with Crippen molar-refractivity contribution in [1.82, 2.24) is 4.98 Å². The quantitative estimate of drug-likeness (QED) is 0.659. The first-order valence-electron chi connectivity index (χ1n) is 7.61. The summed E-state index contributed by atoms with van der Waals surface area (Å²) in [6.07, 6.45) is 1.52. The minimum Gasteiger partial charge on any atom is -0.452 e. The molecule has 0 fully saturated rings. The molecule has 0 aliphatic rings. The molecule has 2 N–H and O–H groups in total. The summed E-state index contributed by atoms with van der Waals surface area (Å²) >= 11 is 0. The van der Waals surface area contributed by atoms with E-state index in [9.17, 15) is 18.4 Å². The number of ether oxygens (including phenoxy) is 2. The fourth-order valence-electron chi connectivity index (χ4n) is 2.37. The summed E-state index contributed by atoms with van der Waals surface area (Å²) in [5.41, 5.74) is 1.48. The normalized spacial score (nSPS) is 10.7. The Morgan fingerprint density at radius 2 is 1.81 bits per heavy atom. The van der Waals surface area contributed by atoms with Gasteiger partial charge in [-0.3, -0.25) is 4.79 Å². The molecule has 26 heavy (non-hydrogen) atoms. The third kappa shape index (κ3) is 4.15. The minimum atomic E-state index is -2.92. The van der Waals surface area contributed by atoms with Crippen molar-refractivity contribution in [3.05, 3.63) is 60.3 Å². The highest BCUT2D eigenvalue weighted by atomic mass is 19.3. The number of aromatic amines is 1. The van der Waals surface area contributed by atoms with Gasteiger partial charge >= 0.3 is 12.6 Å². The van der Waals surface area contributed by atoms with Gasteiger partial charge in [-0.1, -0.05) is 18.2 Å². The highest BCUT2D eigenvalue weighted by Crippen LogP contribution is 2.19. The highest BCUT2D eigenvalue weighted by molar-refractivity contribution is 6.05.